The average Bonchev–Trinajstić information content (AvgIpc) is 2.94. The molecule has 1 aromatic carbocycles. The zero-order valence-corrected chi connectivity index (χ0v) is 20.0. The van der Waals surface area contributed by atoms with E-state index in [1.165, 1.54) is 9.13 Å². The molecule has 1 fully saturated rings. The molecule has 0 spiro atoms. The summed E-state index contributed by atoms with van der Waals surface area (Å²) in [7, 11) is 3.23. The molecule has 1 aliphatic heterocycles. The monoisotopic (exact) mass is 538 g/mol. The maximum atomic E-state index is 13.5. The minimum absolute atomic E-state index is 0.203. The van der Waals surface area contributed by atoms with E-state index in [2.05, 4.69) is 44.9 Å². The van der Waals surface area contributed by atoms with Crippen molar-refractivity contribution in [2.75, 3.05) is 44.8 Å². The molecule has 0 bridgehead atoms. The predicted octanol–water partition coefficient (Wildman–Crippen LogP) is 0.996. The molecule has 0 atom stereocenters. The summed E-state index contributed by atoms with van der Waals surface area (Å²) in [6.45, 7) is 4.44. The van der Waals surface area contributed by atoms with Crippen molar-refractivity contribution in [3.63, 3.8) is 0 Å². The Labute approximate surface area is 193 Å². The molecule has 0 unspecified atom stereocenters. The van der Waals surface area contributed by atoms with Crippen molar-refractivity contribution in [3.8, 4) is 0 Å². The maximum Gasteiger partial charge on any atom is 0.332 e. The van der Waals surface area contributed by atoms with Crippen LogP contribution in [0.1, 0.15) is 12.0 Å². The number of halogens is 1. The predicted molar refractivity (Wildman–Crippen MR) is 129 cm³/mol. The molecule has 31 heavy (non-hydrogen) atoms. The van der Waals surface area contributed by atoms with Gasteiger partial charge in [0.05, 0.1) is 19.7 Å². The van der Waals surface area contributed by atoms with Gasteiger partial charge in [0.15, 0.2) is 11.2 Å². The summed E-state index contributed by atoms with van der Waals surface area (Å²) >= 11 is 2.31. The van der Waals surface area contributed by atoms with Crippen LogP contribution in [0.3, 0.4) is 0 Å². The molecule has 3 aromatic rings. The number of benzene rings is 1. The molecule has 2 aromatic heterocycles. The van der Waals surface area contributed by atoms with Gasteiger partial charge in [0, 0.05) is 37.4 Å². The number of hydrogen-bond donors (Lipinski definition) is 1. The van der Waals surface area contributed by atoms with E-state index in [0.29, 0.717) is 17.7 Å². The summed E-state index contributed by atoms with van der Waals surface area (Å²) in [4.78, 5) is 33.4. The summed E-state index contributed by atoms with van der Waals surface area (Å²) in [5.41, 5.74) is 1.27. The van der Waals surface area contributed by atoms with Crippen LogP contribution < -0.4 is 21.5 Å². The van der Waals surface area contributed by atoms with Gasteiger partial charge in [-0.3, -0.25) is 18.5 Å². The second-order valence-corrected chi connectivity index (χ2v) is 8.81. The van der Waals surface area contributed by atoms with Crippen molar-refractivity contribution < 1.29 is 4.74 Å². The molecule has 1 N–H and O–H groups in total. The van der Waals surface area contributed by atoms with Gasteiger partial charge >= 0.3 is 5.69 Å². The molecular formula is C21H27IN6O3. The van der Waals surface area contributed by atoms with Crippen LogP contribution in [-0.2, 0) is 24.9 Å². The number of ether oxygens (including phenoxy) is 1. The Balaban J connectivity index is 1.96. The van der Waals surface area contributed by atoms with Crippen LogP contribution in [0.2, 0.25) is 0 Å². The Bertz CT molecular complexity index is 1190. The number of hydrogen-bond acceptors (Lipinski definition) is 6. The Kier molecular flexibility index (Phi) is 6.77. The molecule has 9 nitrogen and oxygen atoms in total. The lowest BCUT2D eigenvalue weighted by atomic mass is 10.2. The SMILES string of the molecule is COCCn1c(=O)c2c(nc(N3CCCNCC3)n2Cc2ccccc2I)n(C)c1=O. The second-order valence-electron chi connectivity index (χ2n) is 7.64. The van der Waals surface area contributed by atoms with E-state index in [0.717, 1.165) is 47.7 Å². The molecule has 10 heteroatoms. The van der Waals surface area contributed by atoms with Crippen molar-refractivity contribution in [3.05, 3.63) is 54.2 Å². The smallest absolute Gasteiger partial charge is 0.332 e. The van der Waals surface area contributed by atoms with E-state index >= 15 is 0 Å². The lowest BCUT2D eigenvalue weighted by Crippen LogP contribution is -2.40. The number of nitrogens with one attached hydrogen (secondary N) is 1. The molecule has 0 aliphatic carbocycles. The van der Waals surface area contributed by atoms with E-state index < -0.39 is 0 Å². The van der Waals surface area contributed by atoms with E-state index in [1.807, 2.05) is 16.7 Å². The summed E-state index contributed by atoms with van der Waals surface area (Å²) in [6, 6.07) is 8.11. The molecule has 1 aliphatic rings. The van der Waals surface area contributed by atoms with Gasteiger partial charge in [0.2, 0.25) is 5.95 Å². The highest BCUT2D eigenvalue weighted by Crippen LogP contribution is 2.23. The molecule has 0 amide bonds. The van der Waals surface area contributed by atoms with E-state index in [4.69, 9.17) is 9.72 Å². The maximum absolute atomic E-state index is 13.5. The first-order chi connectivity index (χ1) is 15.0. The first-order valence-electron chi connectivity index (χ1n) is 10.4. The molecule has 3 heterocycles. The Morgan fingerprint density at radius 2 is 1.97 bits per heavy atom. The quantitative estimate of drug-likeness (QED) is 0.472. The number of fused-ring (bicyclic) bond motifs is 1. The highest BCUT2D eigenvalue weighted by Gasteiger charge is 2.24. The van der Waals surface area contributed by atoms with Gasteiger partial charge < -0.3 is 15.0 Å². The van der Waals surface area contributed by atoms with Gasteiger partial charge in [-0.2, -0.15) is 4.98 Å². The summed E-state index contributed by atoms with van der Waals surface area (Å²) in [5.74, 6) is 0.731. The molecule has 0 radical (unpaired) electrons. The Morgan fingerprint density at radius 3 is 2.74 bits per heavy atom. The van der Waals surface area contributed by atoms with Gasteiger partial charge in [0.1, 0.15) is 0 Å². The van der Waals surface area contributed by atoms with Crippen molar-refractivity contribution in [2.24, 2.45) is 7.05 Å². The van der Waals surface area contributed by atoms with Gasteiger partial charge in [-0.1, -0.05) is 18.2 Å². The molecule has 166 valence electrons. The summed E-state index contributed by atoms with van der Waals surface area (Å²) < 4.78 is 10.9. The van der Waals surface area contributed by atoms with Crippen LogP contribution in [0, 0.1) is 3.57 Å². The lowest BCUT2D eigenvalue weighted by molar-refractivity contribution is 0.184. The number of rotatable bonds is 6. The Hall–Kier alpha value is -2.18. The van der Waals surface area contributed by atoms with Crippen LogP contribution in [0.5, 0.6) is 0 Å². The minimum atomic E-state index is -0.377. The summed E-state index contributed by atoms with van der Waals surface area (Å²) in [5, 5.41) is 3.41. The van der Waals surface area contributed by atoms with Crippen LogP contribution in [0.25, 0.3) is 11.2 Å². The van der Waals surface area contributed by atoms with Gasteiger partial charge in [-0.15, -0.1) is 0 Å². The van der Waals surface area contributed by atoms with Gasteiger partial charge in [-0.25, -0.2) is 4.79 Å². The number of aryl methyl sites for hydroxylation is 1. The first-order valence-corrected chi connectivity index (χ1v) is 11.5. The molecule has 0 saturated carbocycles. The second kappa shape index (κ2) is 9.53. The Morgan fingerprint density at radius 1 is 1.16 bits per heavy atom. The number of methoxy groups -OCH3 is 1. The van der Waals surface area contributed by atoms with E-state index in [-0.39, 0.29) is 24.4 Å². The van der Waals surface area contributed by atoms with Crippen molar-refractivity contribution >= 4 is 39.7 Å². The highest BCUT2D eigenvalue weighted by molar-refractivity contribution is 14.1. The van der Waals surface area contributed by atoms with Gasteiger partial charge in [0.25, 0.3) is 5.56 Å². The van der Waals surface area contributed by atoms with E-state index in [9.17, 15) is 9.59 Å². The molecule has 4 rings (SSSR count). The van der Waals surface area contributed by atoms with Crippen molar-refractivity contribution in [1.82, 2.24) is 24.0 Å². The topological polar surface area (TPSA) is 86.3 Å². The largest absolute Gasteiger partial charge is 0.383 e. The third-order valence-electron chi connectivity index (χ3n) is 5.64. The van der Waals surface area contributed by atoms with Crippen molar-refractivity contribution in [1.29, 1.82) is 0 Å². The first kappa shape index (κ1) is 22.0. The number of nitrogens with zero attached hydrogens (tertiary/aromatic N) is 5. The number of imidazole rings is 1. The van der Waals surface area contributed by atoms with E-state index in [1.54, 1.807) is 14.2 Å². The molecule has 1 saturated heterocycles. The lowest BCUT2D eigenvalue weighted by Gasteiger charge is -2.22. The fourth-order valence-electron chi connectivity index (χ4n) is 3.97. The van der Waals surface area contributed by atoms with Crippen molar-refractivity contribution in [2.45, 2.75) is 19.5 Å². The van der Waals surface area contributed by atoms with Crippen LogP contribution in [-0.4, -0.2) is 58.6 Å². The normalized spacial score (nSPS) is 14.9. The number of anilines is 1. The highest BCUT2D eigenvalue weighted by atomic mass is 127. The van der Waals surface area contributed by atoms with Crippen LogP contribution in [0.15, 0.2) is 33.9 Å². The van der Waals surface area contributed by atoms with Gasteiger partial charge in [-0.05, 0) is 47.2 Å². The van der Waals surface area contributed by atoms with Crippen LogP contribution in [0.4, 0.5) is 5.95 Å². The summed E-state index contributed by atoms with van der Waals surface area (Å²) in [6.07, 6.45) is 0.989. The number of aromatic nitrogens is 4. The van der Waals surface area contributed by atoms with Crippen LogP contribution >= 0.6 is 22.6 Å². The zero-order chi connectivity index (χ0) is 22.0. The minimum Gasteiger partial charge on any atom is -0.383 e. The zero-order valence-electron chi connectivity index (χ0n) is 17.8. The molecular weight excluding hydrogens is 511 g/mol. The fraction of sp³-hybridized carbons (Fsp3) is 0.476. The third-order valence-corrected chi connectivity index (χ3v) is 6.69. The third kappa shape index (κ3) is 4.28. The fourth-order valence-corrected chi connectivity index (χ4v) is 4.53. The average molecular weight is 538 g/mol. The standard InChI is InChI=1S/C21H27IN6O3/c1-25-18-17(19(29)27(21(25)30)12-13-31-2)28(14-15-6-3-4-7-16(15)22)20(24-18)26-10-5-8-23-9-11-26/h3-4,6-7,23H,5,8-14H2,1-2H3.